The first kappa shape index (κ1) is 6.38. The Morgan fingerprint density at radius 1 is 1.30 bits per heavy atom. The van der Waals surface area contributed by atoms with Gasteiger partial charge in [0, 0.05) is 13.1 Å². The van der Waals surface area contributed by atoms with Crippen LogP contribution in [0.1, 0.15) is 12.8 Å². The van der Waals surface area contributed by atoms with Crippen LogP contribution in [0, 0.1) is 5.92 Å². The van der Waals surface area contributed by atoms with Gasteiger partial charge in [0.15, 0.2) is 0 Å². The molecule has 0 radical (unpaired) electrons. The first-order chi connectivity index (χ1) is 4.90. The number of hydrogen-bond donors (Lipinski definition) is 2. The average Bonchev–Trinajstić information content (AvgIpc) is 2.42. The van der Waals surface area contributed by atoms with Crippen LogP contribution in [0.2, 0.25) is 0 Å². The van der Waals surface area contributed by atoms with Crippen LogP contribution in [0.4, 0.5) is 0 Å². The van der Waals surface area contributed by atoms with E-state index in [4.69, 9.17) is 5.73 Å². The van der Waals surface area contributed by atoms with Gasteiger partial charge in [-0.1, -0.05) is 11.1 Å². The van der Waals surface area contributed by atoms with Crippen molar-refractivity contribution in [2.24, 2.45) is 11.7 Å². The van der Waals surface area contributed by atoms with E-state index in [9.17, 15) is 0 Å². The summed E-state index contributed by atoms with van der Waals surface area (Å²) in [5, 5.41) is 3.35. The van der Waals surface area contributed by atoms with E-state index in [0.29, 0.717) is 0 Å². The Balaban J connectivity index is 2.03. The van der Waals surface area contributed by atoms with Gasteiger partial charge in [-0.15, -0.1) is 0 Å². The van der Waals surface area contributed by atoms with E-state index in [1.165, 1.54) is 12.8 Å². The summed E-state index contributed by atoms with van der Waals surface area (Å²) in [5.74, 6) is 0.770. The lowest BCUT2D eigenvalue weighted by Crippen LogP contribution is -2.17. The quantitative estimate of drug-likeness (QED) is 0.510. The molecule has 0 unspecified atom stereocenters. The monoisotopic (exact) mass is 138 g/mol. The van der Waals surface area contributed by atoms with Gasteiger partial charge in [-0.05, 0) is 25.3 Å². The second kappa shape index (κ2) is 2.36. The molecule has 0 amide bonds. The Morgan fingerprint density at radius 2 is 1.90 bits per heavy atom. The second-order valence-electron chi connectivity index (χ2n) is 3.32. The van der Waals surface area contributed by atoms with Crippen molar-refractivity contribution in [2.45, 2.75) is 12.8 Å². The molecule has 0 aromatic rings. The minimum atomic E-state index is 0.770. The van der Waals surface area contributed by atoms with Crippen molar-refractivity contribution in [1.29, 1.82) is 0 Å². The molecule has 0 saturated carbocycles. The third-order valence-electron chi connectivity index (χ3n) is 2.58. The lowest BCUT2D eigenvalue weighted by molar-refractivity contribution is 0.549. The molecule has 0 aromatic carbocycles. The molecule has 0 bridgehead atoms. The highest BCUT2D eigenvalue weighted by atomic mass is 14.9. The first-order valence-electron chi connectivity index (χ1n) is 4.00. The molecule has 2 rings (SSSR count). The minimum Gasteiger partial charge on any atom is -0.330 e. The summed E-state index contributed by atoms with van der Waals surface area (Å²) in [7, 11) is 0. The predicted molar refractivity (Wildman–Crippen MR) is 41.7 cm³/mol. The molecule has 1 aliphatic carbocycles. The lowest BCUT2D eigenvalue weighted by atomic mass is 10.1. The Bertz CT molecular complexity index is 156. The van der Waals surface area contributed by atoms with Gasteiger partial charge < -0.3 is 11.1 Å². The number of nitrogens with one attached hydrogen (secondary N) is 1. The minimum absolute atomic E-state index is 0.770. The summed E-state index contributed by atoms with van der Waals surface area (Å²) in [6.45, 7) is 3.13. The van der Waals surface area contributed by atoms with Crippen LogP contribution in [0.5, 0.6) is 0 Å². The lowest BCUT2D eigenvalue weighted by Gasteiger charge is -2.07. The van der Waals surface area contributed by atoms with Crippen molar-refractivity contribution in [2.75, 3.05) is 19.6 Å². The Kier molecular flexibility index (Phi) is 1.51. The maximum Gasteiger partial charge on any atom is 0.0170 e. The van der Waals surface area contributed by atoms with Gasteiger partial charge in [0.2, 0.25) is 0 Å². The second-order valence-corrected chi connectivity index (χ2v) is 3.32. The molecule has 0 fully saturated rings. The third kappa shape index (κ3) is 0.879. The number of hydrogen-bond acceptors (Lipinski definition) is 2. The molecule has 2 aliphatic rings. The third-order valence-corrected chi connectivity index (χ3v) is 2.58. The van der Waals surface area contributed by atoms with E-state index in [0.717, 1.165) is 25.6 Å². The van der Waals surface area contributed by atoms with E-state index in [2.05, 4.69) is 5.32 Å². The zero-order chi connectivity index (χ0) is 6.97. The fraction of sp³-hybridized carbons (Fsp3) is 0.750. The van der Waals surface area contributed by atoms with Crippen molar-refractivity contribution in [3.63, 3.8) is 0 Å². The molecular weight excluding hydrogens is 124 g/mol. The van der Waals surface area contributed by atoms with Crippen molar-refractivity contribution >= 4 is 0 Å². The molecule has 1 aliphatic heterocycles. The van der Waals surface area contributed by atoms with Gasteiger partial charge in [-0.25, -0.2) is 0 Å². The van der Waals surface area contributed by atoms with Crippen LogP contribution in [0.15, 0.2) is 11.1 Å². The van der Waals surface area contributed by atoms with Crippen molar-refractivity contribution in [1.82, 2.24) is 5.32 Å². The standard InChI is InChI=1S/C8H14N2/c9-3-6-1-7-4-10-5-8(7)2-6/h6,10H,1-5,9H2. The van der Waals surface area contributed by atoms with Gasteiger partial charge in [0.05, 0.1) is 0 Å². The Labute approximate surface area is 61.5 Å². The van der Waals surface area contributed by atoms with Gasteiger partial charge in [-0.3, -0.25) is 0 Å². The summed E-state index contributed by atoms with van der Waals surface area (Å²) in [5.41, 5.74) is 8.89. The summed E-state index contributed by atoms with van der Waals surface area (Å²) in [6, 6.07) is 0. The molecule has 0 aromatic heterocycles. The van der Waals surface area contributed by atoms with Crippen LogP contribution >= 0.6 is 0 Å². The molecule has 10 heavy (non-hydrogen) atoms. The predicted octanol–water partition coefficient (Wildman–Crippen LogP) is 0.255. The van der Waals surface area contributed by atoms with Crippen molar-refractivity contribution in [3.05, 3.63) is 11.1 Å². The van der Waals surface area contributed by atoms with E-state index in [1.807, 2.05) is 0 Å². The van der Waals surface area contributed by atoms with Gasteiger partial charge in [-0.2, -0.15) is 0 Å². The SMILES string of the molecule is NCC1CC2=C(CNC2)C1. The highest BCUT2D eigenvalue weighted by molar-refractivity contribution is 5.28. The molecule has 0 atom stereocenters. The number of rotatable bonds is 1. The van der Waals surface area contributed by atoms with Gasteiger partial charge >= 0.3 is 0 Å². The van der Waals surface area contributed by atoms with Crippen molar-refractivity contribution in [3.8, 4) is 0 Å². The normalized spacial score (nSPS) is 26.1. The molecule has 2 nitrogen and oxygen atoms in total. The van der Waals surface area contributed by atoms with Gasteiger partial charge in [0.25, 0.3) is 0 Å². The van der Waals surface area contributed by atoms with Crippen LogP contribution in [0.25, 0.3) is 0 Å². The maximum atomic E-state index is 5.59. The summed E-state index contributed by atoms with van der Waals surface area (Å²) < 4.78 is 0. The fourth-order valence-corrected chi connectivity index (χ4v) is 1.98. The van der Waals surface area contributed by atoms with Crippen LogP contribution in [0.3, 0.4) is 0 Å². The van der Waals surface area contributed by atoms with Gasteiger partial charge in [0.1, 0.15) is 0 Å². The number of nitrogens with two attached hydrogens (primary N) is 1. The average molecular weight is 138 g/mol. The molecule has 1 heterocycles. The topological polar surface area (TPSA) is 38.0 Å². The maximum absolute atomic E-state index is 5.59. The largest absolute Gasteiger partial charge is 0.330 e. The molecule has 2 heteroatoms. The molecular formula is C8H14N2. The molecule has 3 N–H and O–H groups in total. The molecule has 0 saturated heterocycles. The summed E-state index contributed by atoms with van der Waals surface area (Å²) >= 11 is 0. The van der Waals surface area contributed by atoms with E-state index >= 15 is 0 Å². The van der Waals surface area contributed by atoms with E-state index < -0.39 is 0 Å². The molecule has 56 valence electrons. The van der Waals surface area contributed by atoms with E-state index in [-0.39, 0.29) is 0 Å². The van der Waals surface area contributed by atoms with Crippen LogP contribution in [-0.2, 0) is 0 Å². The van der Waals surface area contributed by atoms with Crippen LogP contribution in [-0.4, -0.2) is 19.6 Å². The molecule has 0 spiro atoms. The zero-order valence-electron chi connectivity index (χ0n) is 6.19. The smallest absolute Gasteiger partial charge is 0.0170 e. The highest BCUT2D eigenvalue weighted by Crippen LogP contribution is 2.32. The summed E-state index contributed by atoms with van der Waals surface area (Å²) in [4.78, 5) is 0. The highest BCUT2D eigenvalue weighted by Gasteiger charge is 2.25. The van der Waals surface area contributed by atoms with Crippen molar-refractivity contribution < 1.29 is 0 Å². The van der Waals surface area contributed by atoms with Crippen LogP contribution < -0.4 is 11.1 Å². The zero-order valence-corrected chi connectivity index (χ0v) is 6.19. The van der Waals surface area contributed by atoms with E-state index in [1.54, 1.807) is 11.1 Å². The first-order valence-corrected chi connectivity index (χ1v) is 4.00. The summed E-state index contributed by atoms with van der Waals surface area (Å²) in [6.07, 6.45) is 2.53. The fourth-order valence-electron chi connectivity index (χ4n) is 1.98. The Morgan fingerprint density at radius 3 is 2.40 bits per heavy atom. The Hall–Kier alpha value is -0.340.